The van der Waals surface area contributed by atoms with Crippen LogP contribution >= 0.6 is 0 Å². The molecule has 1 saturated carbocycles. The van der Waals surface area contributed by atoms with E-state index in [2.05, 4.69) is 4.98 Å². The van der Waals surface area contributed by atoms with Crippen molar-refractivity contribution in [3.8, 4) is 11.1 Å². The first-order valence-corrected chi connectivity index (χ1v) is 12.8. The van der Waals surface area contributed by atoms with Crippen LogP contribution in [-0.4, -0.2) is 30.8 Å². The Morgan fingerprint density at radius 3 is 2.22 bits per heavy atom. The zero-order chi connectivity index (χ0) is 28.2. The monoisotopic (exact) mass is 510 g/mol. The predicted molar refractivity (Wildman–Crippen MR) is 151 cm³/mol. The van der Waals surface area contributed by atoms with E-state index in [1.165, 1.54) is 26.0 Å². The minimum Gasteiger partial charge on any atom is -0.384 e. The van der Waals surface area contributed by atoms with Crippen LogP contribution < -0.4 is 5.73 Å². The van der Waals surface area contributed by atoms with Crippen molar-refractivity contribution in [2.45, 2.75) is 60.9 Å². The van der Waals surface area contributed by atoms with Crippen molar-refractivity contribution in [2.24, 2.45) is 11.7 Å². The molecule has 1 aromatic heterocycles. The maximum absolute atomic E-state index is 12.3. The van der Waals surface area contributed by atoms with Crippen LogP contribution in [-0.2, 0) is 11.3 Å². The highest BCUT2D eigenvalue weighted by Gasteiger charge is 2.20. The Hall–Kier alpha value is -3.22. The molecule has 0 atom stereocenters. The molecule has 1 fully saturated rings. The van der Waals surface area contributed by atoms with Crippen LogP contribution in [0, 0.1) is 18.7 Å². The van der Waals surface area contributed by atoms with E-state index < -0.39 is 0 Å². The molecular weight excluding hydrogens is 467 g/mol. The van der Waals surface area contributed by atoms with Crippen molar-refractivity contribution in [2.75, 3.05) is 13.7 Å². The fourth-order valence-corrected chi connectivity index (χ4v) is 2.99. The van der Waals surface area contributed by atoms with Gasteiger partial charge in [-0.15, -0.1) is 0 Å². The van der Waals surface area contributed by atoms with Crippen molar-refractivity contribution >= 4 is 12.1 Å². The number of aryl methyl sites for hydroxylation is 1. The number of hydrogen-bond acceptors (Lipinski definition) is 5. The average Bonchev–Trinajstić information content (AvgIpc) is 3.77. The zero-order valence-electron chi connectivity index (χ0n) is 23.4. The third kappa shape index (κ3) is 13.1. The number of ketones is 1. The van der Waals surface area contributed by atoms with Crippen LogP contribution in [0.3, 0.4) is 0 Å². The molecule has 37 heavy (non-hydrogen) atoms. The number of benzene rings is 2. The number of aldehydes is 1. The van der Waals surface area contributed by atoms with Gasteiger partial charge in [-0.05, 0) is 73.1 Å². The number of carbonyl (C=O) groups is 2. The van der Waals surface area contributed by atoms with Gasteiger partial charge in [-0.25, -0.2) is 4.39 Å². The lowest BCUT2D eigenvalue weighted by Crippen LogP contribution is -2.01. The van der Waals surface area contributed by atoms with Gasteiger partial charge < -0.3 is 10.5 Å². The Balaban J connectivity index is 0.000000590. The van der Waals surface area contributed by atoms with E-state index in [0.29, 0.717) is 23.2 Å². The normalized spacial score (nSPS) is 11.1. The lowest BCUT2D eigenvalue weighted by Gasteiger charge is -2.10. The minimum absolute atomic E-state index is 0.0105. The minimum atomic E-state index is -0.243. The Morgan fingerprint density at radius 2 is 1.78 bits per heavy atom. The summed E-state index contributed by atoms with van der Waals surface area (Å²) in [6.07, 6.45) is 6.37. The van der Waals surface area contributed by atoms with Crippen LogP contribution in [0.25, 0.3) is 11.1 Å². The van der Waals surface area contributed by atoms with Gasteiger partial charge in [-0.3, -0.25) is 14.6 Å². The molecule has 0 spiro atoms. The lowest BCUT2D eigenvalue weighted by atomic mass is 9.95. The second-order valence-electron chi connectivity index (χ2n) is 7.90. The second-order valence-corrected chi connectivity index (χ2v) is 7.90. The van der Waals surface area contributed by atoms with Crippen LogP contribution in [0.15, 0.2) is 60.9 Å². The second kappa shape index (κ2) is 19.9. The van der Waals surface area contributed by atoms with Gasteiger partial charge in [0.2, 0.25) is 0 Å². The van der Waals surface area contributed by atoms with Crippen molar-refractivity contribution in [3.05, 3.63) is 89.0 Å². The largest absolute Gasteiger partial charge is 0.384 e. The van der Waals surface area contributed by atoms with E-state index in [-0.39, 0.29) is 11.6 Å². The smallest absolute Gasteiger partial charge is 0.159 e. The van der Waals surface area contributed by atoms with E-state index >= 15 is 0 Å². The van der Waals surface area contributed by atoms with Gasteiger partial charge in [0.25, 0.3) is 0 Å². The Bertz CT molecular complexity index is 1040. The van der Waals surface area contributed by atoms with Gasteiger partial charge in [-0.1, -0.05) is 58.0 Å². The molecule has 0 amide bonds. The van der Waals surface area contributed by atoms with Gasteiger partial charge >= 0.3 is 0 Å². The molecule has 0 bridgehead atoms. The molecule has 0 unspecified atom stereocenters. The Morgan fingerprint density at radius 1 is 1.11 bits per heavy atom. The molecule has 1 heterocycles. The first kappa shape index (κ1) is 33.8. The van der Waals surface area contributed by atoms with E-state index in [1.54, 1.807) is 44.5 Å². The average molecular weight is 511 g/mol. The maximum atomic E-state index is 12.3. The number of halogens is 1. The summed E-state index contributed by atoms with van der Waals surface area (Å²) in [6.45, 7) is 12.6. The zero-order valence-corrected chi connectivity index (χ0v) is 23.4. The SMILES string of the molecule is CC.CC.CC(=O)c1ccc(CN)c(-c2cccc(C=O)c2)c1.COCC1CC1.Cc1ccncc1F. The highest BCUT2D eigenvalue weighted by molar-refractivity contribution is 5.95. The fraction of sp³-hybridized carbons (Fsp3) is 0.387. The molecule has 2 N–H and O–H groups in total. The van der Waals surface area contributed by atoms with Gasteiger partial charge in [-0.2, -0.15) is 0 Å². The van der Waals surface area contributed by atoms with E-state index in [1.807, 2.05) is 52.0 Å². The van der Waals surface area contributed by atoms with Crippen molar-refractivity contribution in [1.29, 1.82) is 0 Å². The molecule has 1 aliphatic carbocycles. The fourth-order valence-electron chi connectivity index (χ4n) is 2.99. The Kier molecular flexibility index (Phi) is 18.2. The van der Waals surface area contributed by atoms with Crippen LogP contribution in [0.4, 0.5) is 4.39 Å². The van der Waals surface area contributed by atoms with E-state index in [9.17, 15) is 14.0 Å². The van der Waals surface area contributed by atoms with Crippen LogP contribution in [0.1, 0.15) is 79.3 Å². The maximum Gasteiger partial charge on any atom is 0.159 e. The standard InChI is InChI=1S/C16H15NO2.C6H6FN.C5H10O.2C2H6/c1-11(19)13-5-6-15(9-17)16(8-13)14-4-2-3-12(7-14)10-18;1-5-2-3-8-4-6(5)7;1-6-4-5-2-3-5;2*1-2/h2-8,10H,9,17H2,1H3;2-4H,1H3;5H,2-4H2,1H3;2*1-2H3. The number of pyridine rings is 1. The summed E-state index contributed by atoms with van der Waals surface area (Å²) < 4.78 is 17.1. The van der Waals surface area contributed by atoms with Crippen LogP contribution in [0.5, 0.6) is 0 Å². The number of Topliss-reactive ketones (excluding diaryl/α,β-unsaturated/α-hetero) is 1. The number of rotatable bonds is 6. The summed E-state index contributed by atoms with van der Waals surface area (Å²) in [4.78, 5) is 25.9. The molecule has 1 aliphatic rings. The van der Waals surface area contributed by atoms with E-state index in [4.69, 9.17) is 10.5 Å². The number of aromatic nitrogens is 1. The molecule has 3 aromatic rings. The summed E-state index contributed by atoms with van der Waals surface area (Å²) in [5, 5.41) is 0. The van der Waals surface area contributed by atoms with E-state index in [0.717, 1.165) is 35.5 Å². The number of methoxy groups -OCH3 is 1. The number of ether oxygens (including phenoxy) is 1. The first-order chi connectivity index (χ1) is 17.9. The molecule has 0 aliphatic heterocycles. The first-order valence-electron chi connectivity index (χ1n) is 12.8. The molecule has 2 aromatic carbocycles. The summed E-state index contributed by atoms with van der Waals surface area (Å²) >= 11 is 0. The van der Waals surface area contributed by atoms with Gasteiger partial charge in [0.15, 0.2) is 5.78 Å². The Labute approximate surface area is 222 Å². The van der Waals surface area contributed by atoms with Crippen LogP contribution in [0.2, 0.25) is 0 Å². The lowest BCUT2D eigenvalue weighted by molar-refractivity contribution is 0.101. The number of nitrogens with two attached hydrogens (primary N) is 1. The molecule has 0 radical (unpaired) electrons. The summed E-state index contributed by atoms with van der Waals surface area (Å²) in [7, 11) is 1.76. The molecule has 0 saturated heterocycles. The summed E-state index contributed by atoms with van der Waals surface area (Å²) in [5.41, 5.74) is 10.4. The summed E-state index contributed by atoms with van der Waals surface area (Å²) in [6, 6.07) is 14.4. The molecule has 6 heteroatoms. The van der Waals surface area contributed by atoms with Crippen molar-refractivity contribution < 1.29 is 18.7 Å². The van der Waals surface area contributed by atoms with Crippen molar-refractivity contribution in [1.82, 2.24) is 4.98 Å². The quantitative estimate of drug-likeness (QED) is 0.275. The van der Waals surface area contributed by atoms with Gasteiger partial charge in [0.05, 0.1) is 6.20 Å². The molecule has 202 valence electrons. The van der Waals surface area contributed by atoms with Gasteiger partial charge in [0, 0.05) is 37.6 Å². The third-order valence-electron chi connectivity index (χ3n) is 5.14. The third-order valence-corrected chi connectivity index (χ3v) is 5.14. The predicted octanol–water partition coefficient (Wildman–Crippen LogP) is 7.45. The highest BCUT2D eigenvalue weighted by atomic mass is 19.1. The summed E-state index contributed by atoms with van der Waals surface area (Å²) in [5.74, 6) is 0.693. The highest BCUT2D eigenvalue weighted by Crippen LogP contribution is 2.28. The molecule has 5 nitrogen and oxygen atoms in total. The molecule has 4 rings (SSSR count). The molecular formula is C31H43FN2O3. The topological polar surface area (TPSA) is 82.3 Å². The number of nitrogens with zero attached hydrogens (tertiary/aromatic N) is 1. The number of carbonyl (C=O) groups excluding carboxylic acids is 2. The van der Waals surface area contributed by atoms with Crippen molar-refractivity contribution in [3.63, 3.8) is 0 Å². The van der Waals surface area contributed by atoms with Gasteiger partial charge in [0.1, 0.15) is 12.1 Å². The number of hydrogen-bond donors (Lipinski definition) is 1.